The highest BCUT2D eigenvalue weighted by molar-refractivity contribution is 5.66. The van der Waals surface area contributed by atoms with Crippen molar-refractivity contribution in [3.8, 4) is 5.75 Å². The van der Waals surface area contributed by atoms with Crippen LogP contribution in [0.3, 0.4) is 0 Å². The highest BCUT2D eigenvalue weighted by Gasteiger charge is 2.44. The Kier molecular flexibility index (Phi) is 4.62. The lowest BCUT2D eigenvalue weighted by Crippen LogP contribution is -2.36. The summed E-state index contributed by atoms with van der Waals surface area (Å²) in [5.74, 6) is 2.26. The first kappa shape index (κ1) is 16.8. The molecule has 1 aromatic rings. The van der Waals surface area contributed by atoms with Crippen molar-refractivity contribution < 1.29 is 10.2 Å². The SMILES string of the molecule is CCCC1C2=C(CCCC2)C2CCCC1/C2=C(\O)c1cccc(O)c1. The number of aromatic hydroxyl groups is 1. The molecule has 0 aliphatic heterocycles. The average Bonchev–Trinajstić information content (AvgIpc) is 2.64. The van der Waals surface area contributed by atoms with Gasteiger partial charge >= 0.3 is 0 Å². The van der Waals surface area contributed by atoms with Crippen molar-refractivity contribution in [1.29, 1.82) is 0 Å². The van der Waals surface area contributed by atoms with Gasteiger partial charge < -0.3 is 10.2 Å². The number of benzene rings is 1. The van der Waals surface area contributed by atoms with Crippen LogP contribution in [-0.2, 0) is 0 Å². The van der Waals surface area contributed by atoms with Gasteiger partial charge in [0.1, 0.15) is 11.5 Å². The minimum absolute atomic E-state index is 0.230. The molecule has 2 heteroatoms. The maximum absolute atomic E-state index is 11.2. The van der Waals surface area contributed by atoms with Crippen molar-refractivity contribution in [3.05, 3.63) is 46.5 Å². The van der Waals surface area contributed by atoms with Crippen LogP contribution in [0.1, 0.15) is 70.3 Å². The molecule has 0 heterocycles. The van der Waals surface area contributed by atoms with Gasteiger partial charge in [-0.25, -0.2) is 0 Å². The summed E-state index contributed by atoms with van der Waals surface area (Å²) in [5.41, 5.74) is 5.50. The fourth-order valence-electron chi connectivity index (χ4n) is 5.75. The smallest absolute Gasteiger partial charge is 0.123 e. The van der Waals surface area contributed by atoms with Crippen molar-refractivity contribution >= 4 is 5.76 Å². The van der Waals surface area contributed by atoms with E-state index in [9.17, 15) is 10.2 Å². The van der Waals surface area contributed by atoms with E-state index in [1.165, 1.54) is 63.4 Å². The monoisotopic (exact) mass is 338 g/mol. The van der Waals surface area contributed by atoms with E-state index in [2.05, 4.69) is 6.92 Å². The van der Waals surface area contributed by atoms with Crippen molar-refractivity contribution in [2.75, 3.05) is 0 Å². The third-order valence-corrected chi connectivity index (χ3v) is 6.68. The fraction of sp³-hybridized carbons (Fsp3) is 0.565. The Morgan fingerprint density at radius 3 is 2.64 bits per heavy atom. The van der Waals surface area contributed by atoms with Gasteiger partial charge in [0.25, 0.3) is 0 Å². The molecule has 2 N–H and O–H groups in total. The first-order chi connectivity index (χ1) is 12.2. The molecule has 0 aromatic heterocycles. The molecule has 3 aliphatic rings. The second kappa shape index (κ2) is 6.90. The van der Waals surface area contributed by atoms with Gasteiger partial charge in [0.15, 0.2) is 0 Å². The Labute approximate surface area is 151 Å². The average molecular weight is 338 g/mol. The molecule has 3 aliphatic carbocycles. The van der Waals surface area contributed by atoms with E-state index in [1.807, 2.05) is 12.1 Å². The number of rotatable bonds is 3. The molecule has 1 saturated carbocycles. The summed E-state index contributed by atoms with van der Waals surface area (Å²) < 4.78 is 0. The first-order valence-corrected chi connectivity index (χ1v) is 10.1. The number of hydrogen-bond donors (Lipinski definition) is 2. The lowest BCUT2D eigenvalue weighted by molar-refractivity contribution is 0.254. The van der Waals surface area contributed by atoms with Gasteiger partial charge in [0.05, 0.1) is 0 Å². The molecular formula is C23H30O2. The van der Waals surface area contributed by atoms with E-state index < -0.39 is 0 Å². The summed E-state index contributed by atoms with van der Waals surface area (Å²) in [7, 11) is 0. The van der Waals surface area contributed by atoms with Crippen molar-refractivity contribution in [2.45, 2.75) is 64.7 Å². The Balaban J connectivity index is 1.85. The summed E-state index contributed by atoms with van der Waals surface area (Å²) in [6.07, 6.45) is 11.3. The van der Waals surface area contributed by atoms with Gasteiger partial charge in [0, 0.05) is 11.5 Å². The number of allylic oxidation sites excluding steroid dienone is 3. The fourth-order valence-corrected chi connectivity index (χ4v) is 5.75. The second-order valence-electron chi connectivity index (χ2n) is 8.10. The Morgan fingerprint density at radius 2 is 1.88 bits per heavy atom. The minimum atomic E-state index is 0.230. The van der Waals surface area contributed by atoms with Crippen molar-refractivity contribution in [1.82, 2.24) is 0 Å². The van der Waals surface area contributed by atoms with E-state index in [4.69, 9.17) is 0 Å². The molecule has 0 amide bonds. The highest BCUT2D eigenvalue weighted by atomic mass is 16.3. The van der Waals surface area contributed by atoms with Crippen LogP contribution in [0.5, 0.6) is 5.75 Å². The van der Waals surface area contributed by atoms with Crippen LogP contribution in [0, 0.1) is 17.8 Å². The van der Waals surface area contributed by atoms with Crippen LogP contribution in [0.4, 0.5) is 0 Å². The standard InChI is InChI=1S/C23H30O2/c1-2-7-17-18-10-3-4-11-19(18)21-13-6-12-20(17)22(21)23(25)15-8-5-9-16(24)14-15/h5,8-9,14,17,20-21,24-25H,2-4,6-7,10-13H2,1H3/b23-22+. The summed E-state index contributed by atoms with van der Waals surface area (Å²) in [5, 5.41) is 21.0. The van der Waals surface area contributed by atoms with Crippen LogP contribution in [0.25, 0.3) is 5.76 Å². The van der Waals surface area contributed by atoms with Gasteiger partial charge in [-0.3, -0.25) is 0 Å². The van der Waals surface area contributed by atoms with Crippen LogP contribution < -0.4 is 0 Å². The third-order valence-electron chi connectivity index (χ3n) is 6.68. The zero-order chi connectivity index (χ0) is 17.4. The predicted octanol–water partition coefficient (Wildman–Crippen LogP) is 6.38. The molecule has 25 heavy (non-hydrogen) atoms. The molecule has 1 aromatic carbocycles. The number of phenolic OH excluding ortho intramolecular Hbond substituents is 1. The quantitative estimate of drug-likeness (QED) is 0.496. The Hall–Kier alpha value is -1.70. The van der Waals surface area contributed by atoms with E-state index in [1.54, 1.807) is 23.3 Å². The summed E-state index contributed by atoms with van der Waals surface area (Å²) in [6.45, 7) is 2.29. The third kappa shape index (κ3) is 2.90. The van der Waals surface area contributed by atoms with Crippen LogP contribution in [0.2, 0.25) is 0 Å². The van der Waals surface area contributed by atoms with Crippen molar-refractivity contribution in [3.63, 3.8) is 0 Å². The molecule has 134 valence electrons. The normalized spacial score (nSPS) is 30.8. The Morgan fingerprint density at radius 1 is 1.08 bits per heavy atom. The topological polar surface area (TPSA) is 40.5 Å². The lowest BCUT2D eigenvalue weighted by atomic mass is 9.57. The highest BCUT2D eigenvalue weighted by Crippen LogP contribution is 2.56. The summed E-state index contributed by atoms with van der Waals surface area (Å²) >= 11 is 0. The van der Waals surface area contributed by atoms with E-state index in [-0.39, 0.29) is 5.75 Å². The molecule has 0 saturated heterocycles. The molecule has 4 rings (SSSR count). The molecule has 0 spiro atoms. The Bertz CT molecular complexity index is 713. The molecule has 2 bridgehead atoms. The van der Waals surface area contributed by atoms with Crippen LogP contribution in [-0.4, -0.2) is 10.2 Å². The predicted molar refractivity (Wildman–Crippen MR) is 102 cm³/mol. The number of fused-ring (bicyclic) bond motifs is 3. The largest absolute Gasteiger partial charge is 0.508 e. The summed E-state index contributed by atoms with van der Waals surface area (Å²) in [6, 6.07) is 7.13. The first-order valence-electron chi connectivity index (χ1n) is 10.1. The zero-order valence-corrected chi connectivity index (χ0v) is 15.3. The minimum Gasteiger partial charge on any atom is -0.508 e. The molecule has 2 nitrogen and oxygen atoms in total. The van der Waals surface area contributed by atoms with Gasteiger partial charge in [-0.2, -0.15) is 0 Å². The second-order valence-corrected chi connectivity index (χ2v) is 8.10. The van der Waals surface area contributed by atoms with Crippen LogP contribution >= 0.6 is 0 Å². The molecule has 0 radical (unpaired) electrons. The van der Waals surface area contributed by atoms with Crippen molar-refractivity contribution in [2.24, 2.45) is 17.8 Å². The number of aliphatic hydroxyl groups is 1. The maximum atomic E-state index is 11.2. The van der Waals surface area contributed by atoms with E-state index in [0.29, 0.717) is 23.5 Å². The number of hydrogen-bond acceptors (Lipinski definition) is 2. The van der Waals surface area contributed by atoms with Crippen LogP contribution in [0.15, 0.2) is 41.0 Å². The van der Waals surface area contributed by atoms with Gasteiger partial charge in [-0.05, 0) is 74.5 Å². The maximum Gasteiger partial charge on any atom is 0.123 e. The lowest BCUT2D eigenvalue weighted by Gasteiger charge is -2.47. The molecule has 1 fully saturated rings. The molecular weight excluding hydrogens is 308 g/mol. The van der Waals surface area contributed by atoms with E-state index in [0.717, 1.165) is 5.56 Å². The zero-order valence-electron chi connectivity index (χ0n) is 15.3. The van der Waals surface area contributed by atoms with Gasteiger partial charge in [-0.1, -0.05) is 43.0 Å². The van der Waals surface area contributed by atoms with Gasteiger partial charge in [0.2, 0.25) is 0 Å². The molecule has 3 unspecified atom stereocenters. The summed E-state index contributed by atoms with van der Waals surface area (Å²) in [4.78, 5) is 0. The number of aliphatic hydroxyl groups excluding tert-OH is 1. The molecule has 3 atom stereocenters. The number of phenols is 1. The van der Waals surface area contributed by atoms with E-state index >= 15 is 0 Å². The van der Waals surface area contributed by atoms with Gasteiger partial charge in [-0.15, -0.1) is 0 Å².